The SMILES string of the molecule is CC1CCC(CN2CCCC2)N(C(=O)Cc2ccc(Cl)c(Cl)c2)C1.Cl. The molecule has 6 heteroatoms. The average molecular weight is 406 g/mol. The van der Waals surface area contributed by atoms with Gasteiger partial charge in [0.1, 0.15) is 0 Å². The number of hydrogen-bond acceptors (Lipinski definition) is 2. The maximum atomic E-state index is 12.9. The van der Waals surface area contributed by atoms with Gasteiger partial charge in [0.2, 0.25) is 5.91 Å². The van der Waals surface area contributed by atoms with Crippen LogP contribution in [0.1, 0.15) is 38.2 Å². The minimum atomic E-state index is 0. The molecular formula is C19H27Cl3N2O. The number of benzene rings is 1. The summed E-state index contributed by atoms with van der Waals surface area (Å²) in [6.07, 6.45) is 5.32. The largest absolute Gasteiger partial charge is 0.338 e. The van der Waals surface area contributed by atoms with E-state index in [1.54, 1.807) is 6.07 Å². The normalized spacial score (nSPS) is 24.2. The van der Waals surface area contributed by atoms with Gasteiger partial charge in [0.25, 0.3) is 0 Å². The van der Waals surface area contributed by atoms with E-state index in [9.17, 15) is 4.79 Å². The van der Waals surface area contributed by atoms with Crippen molar-refractivity contribution in [3.63, 3.8) is 0 Å². The standard InChI is InChI=1S/C19H26Cl2N2O.ClH/c1-14-4-6-16(13-22-8-2-3-9-22)23(12-14)19(24)11-15-5-7-17(20)18(21)10-15;/h5,7,10,14,16H,2-4,6,8-9,11-13H2,1H3;1H. The molecule has 2 aliphatic heterocycles. The second kappa shape index (κ2) is 9.45. The van der Waals surface area contributed by atoms with Crippen molar-refractivity contribution in [2.45, 2.75) is 45.1 Å². The highest BCUT2D eigenvalue weighted by molar-refractivity contribution is 6.42. The summed E-state index contributed by atoms with van der Waals surface area (Å²) < 4.78 is 0. The summed E-state index contributed by atoms with van der Waals surface area (Å²) in [6, 6.07) is 5.83. The molecule has 2 unspecified atom stereocenters. The number of likely N-dealkylation sites (tertiary alicyclic amines) is 2. The third kappa shape index (κ3) is 5.50. The lowest BCUT2D eigenvalue weighted by Gasteiger charge is -2.40. The van der Waals surface area contributed by atoms with Gasteiger partial charge in [-0.05, 0) is 62.4 Å². The molecule has 0 aromatic heterocycles. The number of carbonyl (C=O) groups is 1. The van der Waals surface area contributed by atoms with Gasteiger partial charge in [0.05, 0.1) is 16.5 Å². The van der Waals surface area contributed by atoms with E-state index in [4.69, 9.17) is 23.2 Å². The number of halogens is 3. The molecule has 0 saturated carbocycles. The first kappa shape index (κ1) is 20.8. The summed E-state index contributed by atoms with van der Waals surface area (Å²) in [5, 5.41) is 1.05. The molecule has 0 bridgehead atoms. The van der Waals surface area contributed by atoms with Gasteiger partial charge in [-0.1, -0.05) is 36.2 Å². The molecule has 2 fully saturated rings. The Labute approximate surface area is 167 Å². The fraction of sp³-hybridized carbons (Fsp3) is 0.632. The Morgan fingerprint density at radius 1 is 1.16 bits per heavy atom. The monoisotopic (exact) mass is 404 g/mol. The van der Waals surface area contributed by atoms with Crippen LogP contribution in [0.3, 0.4) is 0 Å². The van der Waals surface area contributed by atoms with Crippen LogP contribution in [0.25, 0.3) is 0 Å². The number of piperidine rings is 1. The van der Waals surface area contributed by atoms with Crippen LogP contribution < -0.4 is 0 Å². The zero-order chi connectivity index (χ0) is 17.1. The van der Waals surface area contributed by atoms with Gasteiger partial charge in [0, 0.05) is 19.1 Å². The third-order valence-electron chi connectivity index (χ3n) is 5.27. The zero-order valence-corrected chi connectivity index (χ0v) is 17.0. The molecule has 1 aromatic rings. The lowest BCUT2D eigenvalue weighted by Crippen LogP contribution is -2.51. The van der Waals surface area contributed by atoms with E-state index in [1.165, 1.54) is 32.4 Å². The molecule has 0 N–H and O–H groups in total. The van der Waals surface area contributed by atoms with E-state index in [0.717, 1.165) is 25.1 Å². The molecule has 140 valence electrons. The van der Waals surface area contributed by atoms with Gasteiger partial charge in [-0.25, -0.2) is 0 Å². The highest BCUT2D eigenvalue weighted by atomic mass is 35.5. The Morgan fingerprint density at radius 3 is 2.56 bits per heavy atom. The summed E-state index contributed by atoms with van der Waals surface area (Å²) in [5.41, 5.74) is 0.938. The van der Waals surface area contributed by atoms with Gasteiger partial charge in [0.15, 0.2) is 0 Å². The Balaban J connectivity index is 0.00000225. The van der Waals surface area contributed by atoms with Crippen molar-refractivity contribution in [1.82, 2.24) is 9.80 Å². The van der Waals surface area contributed by atoms with Crippen LogP contribution in [0.15, 0.2) is 18.2 Å². The van der Waals surface area contributed by atoms with Crippen molar-refractivity contribution in [3.8, 4) is 0 Å². The molecule has 25 heavy (non-hydrogen) atoms. The quantitative estimate of drug-likeness (QED) is 0.726. The van der Waals surface area contributed by atoms with E-state index >= 15 is 0 Å². The van der Waals surface area contributed by atoms with Crippen molar-refractivity contribution in [2.24, 2.45) is 5.92 Å². The molecule has 3 rings (SSSR count). The molecule has 1 aromatic carbocycles. The van der Waals surface area contributed by atoms with E-state index in [1.807, 2.05) is 12.1 Å². The first-order chi connectivity index (χ1) is 11.5. The van der Waals surface area contributed by atoms with E-state index in [0.29, 0.717) is 28.4 Å². The van der Waals surface area contributed by atoms with Crippen LogP contribution in [0.2, 0.25) is 10.0 Å². The minimum absolute atomic E-state index is 0. The molecule has 2 heterocycles. The van der Waals surface area contributed by atoms with E-state index in [-0.39, 0.29) is 18.3 Å². The van der Waals surface area contributed by atoms with Gasteiger partial charge < -0.3 is 9.80 Å². The van der Waals surface area contributed by atoms with Gasteiger partial charge >= 0.3 is 0 Å². The van der Waals surface area contributed by atoms with Crippen molar-refractivity contribution < 1.29 is 4.79 Å². The van der Waals surface area contributed by atoms with Crippen LogP contribution in [0, 0.1) is 5.92 Å². The molecule has 0 aliphatic carbocycles. The highest BCUT2D eigenvalue weighted by Gasteiger charge is 2.31. The predicted molar refractivity (Wildman–Crippen MR) is 107 cm³/mol. The lowest BCUT2D eigenvalue weighted by atomic mass is 9.93. The first-order valence-corrected chi connectivity index (χ1v) is 9.74. The molecule has 0 radical (unpaired) electrons. The smallest absolute Gasteiger partial charge is 0.227 e. The van der Waals surface area contributed by atoms with Crippen LogP contribution >= 0.6 is 35.6 Å². The summed E-state index contributed by atoms with van der Waals surface area (Å²) in [5.74, 6) is 0.793. The Hall–Kier alpha value is -0.480. The van der Waals surface area contributed by atoms with Crippen molar-refractivity contribution in [3.05, 3.63) is 33.8 Å². The zero-order valence-electron chi connectivity index (χ0n) is 14.7. The Bertz CT molecular complexity index is 590. The summed E-state index contributed by atoms with van der Waals surface area (Å²) in [6.45, 7) is 6.51. The molecule has 2 aliphatic rings. The first-order valence-electron chi connectivity index (χ1n) is 8.98. The molecule has 0 spiro atoms. The van der Waals surface area contributed by atoms with Crippen molar-refractivity contribution in [1.29, 1.82) is 0 Å². The molecule has 2 saturated heterocycles. The van der Waals surface area contributed by atoms with Gasteiger partial charge in [-0.2, -0.15) is 0 Å². The Morgan fingerprint density at radius 2 is 1.88 bits per heavy atom. The van der Waals surface area contributed by atoms with Crippen molar-refractivity contribution >= 4 is 41.5 Å². The van der Waals surface area contributed by atoms with Crippen LogP contribution in [-0.4, -0.2) is 47.9 Å². The average Bonchev–Trinajstić information content (AvgIpc) is 3.05. The maximum Gasteiger partial charge on any atom is 0.227 e. The predicted octanol–water partition coefficient (Wildman–Crippen LogP) is 4.68. The molecule has 2 atom stereocenters. The highest BCUT2D eigenvalue weighted by Crippen LogP contribution is 2.26. The fourth-order valence-electron chi connectivity index (χ4n) is 3.89. The van der Waals surface area contributed by atoms with E-state index < -0.39 is 0 Å². The van der Waals surface area contributed by atoms with Crippen LogP contribution in [-0.2, 0) is 11.2 Å². The number of amides is 1. The number of nitrogens with zero attached hydrogens (tertiary/aromatic N) is 2. The van der Waals surface area contributed by atoms with Crippen LogP contribution in [0.4, 0.5) is 0 Å². The molecular weight excluding hydrogens is 379 g/mol. The van der Waals surface area contributed by atoms with Crippen LogP contribution in [0.5, 0.6) is 0 Å². The second-order valence-corrected chi connectivity index (χ2v) is 8.13. The summed E-state index contributed by atoms with van der Waals surface area (Å²) in [7, 11) is 0. The lowest BCUT2D eigenvalue weighted by molar-refractivity contribution is -0.135. The third-order valence-corrected chi connectivity index (χ3v) is 6.01. The van der Waals surface area contributed by atoms with Gasteiger partial charge in [-0.15, -0.1) is 12.4 Å². The fourth-order valence-corrected chi connectivity index (χ4v) is 4.21. The molecule has 1 amide bonds. The number of carbonyl (C=O) groups excluding carboxylic acids is 1. The maximum absolute atomic E-state index is 12.9. The molecule has 3 nitrogen and oxygen atoms in total. The Kier molecular flexibility index (Phi) is 7.88. The summed E-state index contributed by atoms with van der Waals surface area (Å²) in [4.78, 5) is 17.6. The summed E-state index contributed by atoms with van der Waals surface area (Å²) >= 11 is 12.1. The topological polar surface area (TPSA) is 23.6 Å². The van der Waals surface area contributed by atoms with Crippen molar-refractivity contribution in [2.75, 3.05) is 26.2 Å². The number of hydrogen-bond donors (Lipinski definition) is 0. The number of rotatable bonds is 4. The van der Waals surface area contributed by atoms with Gasteiger partial charge in [-0.3, -0.25) is 4.79 Å². The second-order valence-electron chi connectivity index (χ2n) is 7.32. The minimum Gasteiger partial charge on any atom is -0.338 e. The van der Waals surface area contributed by atoms with E-state index in [2.05, 4.69) is 16.7 Å².